The van der Waals surface area contributed by atoms with E-state index >= 15 is 0 Å². The van der Waals surface area contributed by atoms with Crippen LogP contribution < -0.4 is 20.1 Å². The average molecular weight is 327 g/mol. The average Bonchev–Trinajstić information content (AvgIpc) is 2.58. The van der Waals surface area contributed by atoms with E-state index in [0.717, 1.165) is 5.75 Å². The molecule has 1 aromatic heterocycles. The molecule has 1 atom stereocenters. The lowest BCUT2D eigenvalue weighted by Gasteiger charge is -2.33. The van der Waals surface area contributed by atoms with Gasteiger partial charge in [-0.1, -0.05) is 24.6 Å². The van der Waals surface area contributed by atoms with E-state index in [4.69, 9.17) is 15.2 Å². The molecule has 1 aliphatic heterocycles. The second-order valence-electron chi connectivity index (χ2n) is 5.72. The van der Waals surface area contributed by atoms with Crippen LogP contribution in [0.3, 0.4) is 0 Å². The molecule has 0 saturated heterocycles. The predicted octanol–water partition coefficient (Wildman–Crippen LogP) is 2.56. The summed E-state index contributed by atoms with van der Waals surface area (Å²) in [5.41, 5.74) is 6.93. The lowest BCUT2D eigenvalue weighted by Crippen LogP contribution is -2.47. The number of carbonyl (C=O) groups is 1. The number of fused-ring (bicyclic) bond motifs is 1. The summed E-state index contributed by atoms with van der Waals surface area (Å²) >= 11 is 0. The Morgan fingerprint density at radius 1 is 1.25 bits per heavy atom. The second kappa shape index (κ2) is 6.78. The largest absolute Gasteiger partial charge is 0.492 e. The van der Waals surface area contributed by atoms with Crippen LogP contribution in [0.15, 0.2) is 36.4 Å². The van der Waals surface area contributed by atoms with Gasteiger partial charge in [0.25, 0.3) is 5.91 Å². The molecule has 0 radical (unpaired) electrons. The molecule has 2 heterocycles. The highest BCUT2D eigenvalue weighted by Crippen LogP contribution is 2.33. The first-order valence-corrected chi connectivity index (χ1v) is 8.02. The fourth-order valence-electron chi connectivity index (χ4n) is 2.58. The van der Waals surface area contributed by atoms with Crippen LogP contribution in [0.25, 0.3) is 0 Å². The summed E-state index contributed by atoms with van der Waals surface area (Å²) in [6.45, 7) is 4.69. The number of hydrogen-bond acceptors (Lipinski definition) is 5. The van der Waals surface area contributed by atoms with Crippen LogP contribution in [-0.4, -0.2) is 30.1 Å². The van der Waals surface area contributed by atoms with Crippen molar-refractivity contribution < 1.29 is 14.3 Å². The molecular formula is C18H21N3O3. The van der Waals surface area contributed by atoms with Gasteiger partial charge in [0.15, 0.2) is 17.7 Å². The van der Waals surface area contributed by atoms with Crippen molar-refractivity contribution in [3.8, 4) is 11.5 Å². The molecule has 126 valence electrons. The lowest BCUT2D eigenvalue weighted by molar-refractivity contribution is -0.126. The number of carbonyl (C=O) groups excluding carboxylic acids is 1. The molecule has 6 heteroatoms. The summed E-state index contributed by atoms with van der Waals surface area (Å²) in [7, 11) is 0. The zero-order valence-corrected chi connectivity index (χ0v) is 13.9. The number of ether oxygens (including phenoxy) is 2. The third kappa shape index (κ3) is 3.27. The Labute approximate surface area is 141 Å². The molecule has 1 aliphatic rings. The molecule has 1 aromatic carbocycles. The van der Waals surface area contributed by atoms with E-state index in [1.807, 2.05) is 38.1 Å². The van der Waals surface area contributed by atoms with Gasteiger partial charge in [0.05, 0.1) is 6.54 Å². The summed E-state index contributed by atoms with van der Waals surface area (Å²) in [4.78, 5) is 18.4. The Balaban J connectivity index is 1.74. The number of rotatable bonds is 5. The fraction of sp³-hybridized carbons (Fsp3) is 0.333. The number of aromatic nitrogens is 1. The van der Waals surface area contributed by atoms with Crippen LogP contribution in [0.4, 0.5) is 11.6 Å². The molecule has 6 nitrogen and oxygen atoms in total. The molecule has 1 amide bonds. The summed E-state index contributed by atoms with van der Waals surface area (Å²) in [5.74, 6) is 2.04. The number of aryl methyl sites for hydroxylation is 1. The highest BCUT2D eigenvalue weighted by molar-refractivity contribution is 5.99. The minimum Gasteiger partial charge on any atom is -0.492 e. The molecule has 3 rings (SSSR count). The molecule has 24 heavy (non-hydrogen) atoms. The summed E-state index contributed by atoms with van der Waals surface area (Å²) in [6, 6.07) is 11.2. The van der Waals surface area contributed by atoms with Crippen molar-refractivity contribution in [3.63, 3.8) is 0 Å². The lowest BCUT2D eigenvalue weighted by atomic mass is 10.2. The number of pyridine rings is 1. The van der Waals surface area contributed by atoms with E-state index in [1.165, 1.54) is 5.56 Å². The van der Waals surface area contributed by atoms with Gasteiger partial charge in [0, 0.05) is 0 Å². The first kappa shape index (κ1) is 16.1. The summed E-state index contributed by atoms with van der Waals surface area (Å²) in [5, 5.41) is 0. The molecule has 2 N–H and O–H groups in total. The number of anilines is 2. The van der Waals surface area contributed by atoms with Gasteiger partial charge < -0.3 is 15.2 Å². The third-order valence-electron chi connectivity index (χ3n) is 3.90. The number of hydrogen-bond donors (Lipinski definition) is 1. The van der Waals surface area contributed by atoms with Crippen molar-refractivity contribution in [1.82, 2.24) is 4.98 Å². The van der Waals surface area contributed by atoms with Gasteiger partial charge in [0.2, 0.25) is 0 Å². The van der Waals surface area contributed by atoms with Crippen molar-refractivity contribution in [2.24, 2.45) is 0 Å². The molecule has 0 aliphatic carbocycles. The zero-order valence-electron chi connectivity index (χ0n) is 13.9. The predicted molar refractivity (Wildman–Crippen MR) is 92.4 cm³/mol. The maximum absolute atomic E-state index is 12.6. The number of benzene rings is 1. The third-order valence-corrected chi connectivity index (χ3v) is 3.90. The van der Waals surface area contributed by atoms with Gasteiger partial charge in [-0.2, -0.15) is 0 Å². The molecule has 2 aromatic rings. The van der Waals surface area contributed by atoms with Gasteiger partial charge in [0.1, 0.15) is 18.2 Å². The highest BCUT2D eigenvalue weighted by Gasteiger charge is 2.34. The van der Waals surface area contributed by atoms with E-state index in [9.17, 15) is 4.79 Å². The van der Waals surface area contributed by atoms with E-state index in [0.29, 0.717) is 37.0 Å². The van der Waals surface area contributed by atoms with Crippen LogP contribution in [0.1, 0.15) is 18.9 Å². The van der Waals surface area contributed by atoms with E-state index in [-0.39, 0.29) is 5.91 Å². The van der Waals surface area contributed by atoms with E-state index in [1.54, 1.807) is 17.0 Å². The van der Waals surface area contributed by atoms with Gasteiger partial charge in [-0.3, -0.25) is 9.69 Å². The van der Waals surface area contributed by atoms with Crippen molar-refractivity contribution in [3.05, 3.63) is 42.0 Å². The number of nitrogens with two attached hydrogens (primary N) is 1. The van der Waals surface area contributed by atoms with Gasteiger partial charge in [-0.15, -0.1) is 0 Å². The topological polar surface area (TPSA) is 77.7 Å². The maximum Gasteiger partial charge on any atom is 0.269 e. The molecular weight excluding hydrogens is 306 g/mol. The summed E-state index contributed by atoms with van der Waals surface area (Å²) < 4.78 is 11.4. The van der Waals surface area contributed by atoms with E-state index in [2.05, 4.69) is 4.98 Å². The Hall–Kier alpha value is -2.76. The van der Waals surface area contributed by atoms with Crippen molar-refractivity contribution in [1.29, 1.82) is 0 Å². The zero-order chi connectivity index (χ0) is 17.1. The Morgan fingerprint density at radius 2 is 2.00 bits per heavy atom. The molecule has 0 fully saturated rings. The standard InChI is InChI=1S/C18H21N3O3/c1-3-14-18(22)21(17-15(24-14)8-9-16(19)20-17)10-11-23-13-6-4-12(2)5-7-13/h4-9,14H,3,10-11H2,1-2H3,(H2,19,20). The first-order valence-electron chi connectivity index (χ1n) is 8.02. The molecule has 1 unspecified atom stereocenters. The van der Waals surface area contributed by atoms with Crippen LogP contribution >= 0.6 is 0 Å². The Kier molecular flexibility index (Phi) is 4.55. The number of amides is 1. The second-order valence-corrected chi connectivity index (χ2v) is 5.72. The van der Waals surface area contributed by atoms with Crippen LogP contribution in [0, 0.1) is 6.92 Å². The number of nitrogens with zero attached hydrogens (tertiary/aromatic N) is 2. The monoisotopic (exact) mass is 327 g/mol. The van der Waals surface area contributed by atoms with Crippen LogP contribution in [0.2, 0.25) is 0 Å². The Bertz CT molecular complexity index is 731. The maximum atomic E-state index is 12.6. The normalized spacial score (nSPS) is 16.5. The molecule has 0 spiro atoms. The quantitative estimate of drug-likeness (QED) is 0.913. The minimum atomic E-state index is -0.498. The van der Waals surface area contributed by atoms with Crippen molar-refractivity contribution in [2.75, 3.05) is 23.8 Å². The SMILES string of the molecule is CCC1Oc2ccc(N)nc2N(CCOc2ccc(C)cc2)C1=O. The van der Waals surface area contributed by atoms with Gasteiger partial charge in [-0.05, 0) is 37.6 Å². The van der Waals surface area contributed by atoms with Crippen molar-refractivity contribution in [2.45, 2.75) is 26.4 Å². The van der Waals surface area contributed by atoms with Gasteiger partial charge in [-0.25, -0.2) is 4.98 Å². The number of nitrogen functional groups attached to an aromatic ring is 1. The van der Waals surface area contributed by atoms with Crippen LogP contribution in [-0.2, 0) is 4.79 Å². The van der Waals surface area contributed by atoms with Crippen molar-refractivity contribution >= 4 is 17.5 Å². The smallest absolute Gasteiger partial charge is 0.269 e. The first-order chi connectivity index (χ1) is 11.6. The fourth-order valence-corrected chi connectivity index (χ4v) is 2.58. The summed E-state index contributed by atoms with van der Waals surface area (Å²) in [6.07, 6.45) is 0.0973. The highest BCUT2D eigenvalue weighted by atomic mass is 16.5. The Morgan fingerprint density at radius 3 is 2.71 bits per heavy atom. The van der Waals surface area contributed by atoms with Gasteiger partial charge >= 0.3 is 0 Å². The minimum absolute atomic E-state index is 0.115. The van der Waals surface area contributed by atoms with Crippen LogP contribution in [0.5, 0.6) is 11.5 Å². The molecule has 0 saturated carbocycles. The van der Waals surface area contributed by atoms with E-state index < -0.39 is 6.10 Å². The molecule has 0 bridgehead atoms.